The van der Waals surface area contributed by atoms with Gasteiger partial charge in [0.25, 0.3) is 0 Å². The van der Waals surface area contributed by atoms with Crippen molar-refractivity contribution in [3.05, 3.63) is 59.0 Å². The number of hydrogen-bond acceptors (Lipinski definition) is 6. The van der Waals surface area contributed by atoms with Gasteiger partial charge in [0.05, 0.1) is 24.4 Å². The van der Waals surface area contributed by atoms with Gasteiger partial charge >= 0.3 is 5.69 Å². The van der Waals surface area contributed by atoms with Gasteiger partial charge in [0.2, 0.25) is 0 Å². The Morgan fingerprint density at radius 3 is 2.66 bits per heavy atom. The predicted octanol–water partition coefficient (Wildman–Crippen LogP) is 2.19. The van der Waals surface area contributed by atoms with Crippen molar-refractivity contribution in [3.8, 4) is 5.75 Å². The van der Waals surface area contributed by atoms with E-state index < -0.39 is 0 Å². The molecule has 0 radical (unpaired) electrons. The van der Waals surface area contributed by atoms with E-state index in [1.165, 1.54) is 0 Å². The second-order valence-electron chi connectivity index (χ2n) is 7.62. The smallest absolute Gasteiger partial charge is 0.350 e. The summed E-state index contributed by atoms with van der Waals surface area (Å²) in [5.41, 5.74) is 1.73. The molecule has 0 saturated carbocycles. The molecule has 1 N–H and O–H groups in total. The lowest BCUT2D eigenvalue weighted by atomic mass is 10.2. The summed E-state index contributed by atoms with van der Waals surface area (Å²) in [4.78, 5) is 21.8. The van der Waals surface area contributed by atoms with Crippen molar-refractivity contribution < 1.29 is 4.74 Å². The van der Waals surface area contributed by atoms with Gasteiger partial charge in [-0.25, -0.2) is 4.79 Å². The molecule has 3 heterocycles. The van der Waals surface area contributed by atoms with Gasteiger partial charge in [0, 0.05) is 44.7 Å². The molecule has 2 aliphatic heterocycles. The first-order chi connectivity index (χ1) is 14.2. The summed E-state index contributed by atoms with van der Waals surface area (Å²) in [5, 5.41) is 4.45. The van der Waals surface area contributed by atoms with Crippen LogP contribution in [0.2, 0.25) is 0 Å². The van der Waals surface area contributed by atoms with Crippen LogP contribution in [-0.2, 0) is 0 Å². The molecule has 29 heavy (non-hydrogen) atoms. The second-order valence-corrected chi connectivity index (χ2v) is 7.62. The van der Waals surface area contributed by atoms with Crippen molar-refractivity contribution in [2.75, 3.05) is 56.6 Å². The Labute approximate surface area is 169 Å². The molecule has 7 heteroatoms. The summed E-state index contributed by atoms with van der Waals surface area (Å²) >= 11 is 0. The zero-order chi connectivity index (χ0) is 19.8. The Hall–Kier alpha value is -3.06. The molecule has 0 amide bonds. The third kappa shape index (κ3) is 3.21. The van der Waals surface area contributed by atoms with Gasteiger partial charge < -0.3 is 15.0 Å². The molecule has 7 nitrogen and oxygen atoms in total. The summed E-state index contributed by atoms with van der Waals surface area (Å²) in [6.07, 6.45) is 0. The fourth-order valence-electron chi connectivity index (χ4n) is 4.49. The molecule has 150 valence electrons. The molecule has 1 aromatic heterocycles. The minimum atomic E-state index is -0.165. The second kappa shape index (κ2) is 7.40. The van der Waals surface area contributed by atoms with Crippen LogP contribution >= 0.6 is 0 Å². The van der Waals surface area contributed by atoms with Gasteiger partial charge in [0.15, 0.2) is 0 Å². The molecule has 0 unspecified atom stereocenters. The number of para-hydroxylation sites is 3. The van der Waals surface area contributed by atoms with Crippen LogP contribution in [0.4, 0.5) is 11.5 Å². The number of piperazine rings is 1. The molecular formula is C22H25N5O2. The number of nitrogens with one attached hydrogen (secondary N) is 1. The summed E-state index contributed by atoms with van der Waals surface area (Å²) < 4.78 is 7.35. The van der Waals surface area contributed by atoms with Crippen molar-refractivity contribution >= 4 is 22.4 Å². The molecule has 3 aromatic rings. The maximum Gasteiger partial charge on any atom is 0.350 e. The van der Waals surface area contributed by atoms with Gasteiger partial charge in [-0.1, -0.05) is 24.3 Å². The van der Waals surface area contributed by atoms with Gasteiger partial charge in [0.1, 0.15) is 11.6 Å². The number of aromatic nitrogens is 2. The lowest BCUT2D eigenvalue weighted by molar-refractivity contribution is 0.226. The van der Waals surface area contributed by atoms with E-state index in [0.29, 0.717) is 0 Å². The van der Waals surface area contributed by atoms with E-state index in [4.69, 9.17) is 4.74 Å². The highest BCUT2D eigenvalue weighted by atomic mass is 16.5. The highest BCUT2D eigenvalue weighted by Crippen LogP contribution is 2.30. The lowest BCUT2D eigenvalue weighted by Gasteiger charge is -2.37. The quantitative estimate of drug-likeness (QED) is 0.736. The van der Waals surface area contributed by atoms with Gasteiger partial charge in [-0.2, -0.15) is 4.98 Å². The van der Waals surface area contributed by atoms with Crippen LogP contribution in [0.25, 0.3) is 10.9 Å². The van der Waals surface area contributed by atoms with Crippen molar-refractivity contribution in [2.24, 2.45) is 0 Å². The number of fused-ring (bicyclic) bond motifs is 3. The number of ether oxygens (including phenoxy) is 1. The topological polar surface area (TPSA) is 62.6 Å². The highest BCUT2D eigenvalue weighted by Gasteiger charge is 2.29. The third-order valence-corrected chi connectivity index (χ3v) is 5.96. The number of hydrogen-bond donors (Lipinski definition) is 1. The summed E-state index contributed by atoms with van der Waals surface area (Å²) in [5.74, 6) is 1.82. The molecule has 2 aromatic carbocycles. The monoisotopic (exact) mass is 391 g/mol. The van der Waals surface area contributed by atoms with Gasteiger partial charge in [-0.15, -0.1) is 0 Å². The number of anilines is 2. The third-order valence-electron chi connectivity index (χ3n) is 5.96. The molecular weight excluding hydrogens is 366 g/mol. The van der Waals surface area contributed by atoms with Crippen LogP contribution in [0.3, 0.4) is 0 Å². The normalized spacial score (nSPS) is 19.2. The average Bonchev–Trinajstić information content (AvgIpc) is 3.19. The fraction of sp³-hybridized carbons (Fsp3) is 0.364. The molecule has 1 fully saturated rings. The minimum absolute atomic E-state index is 0.104. The van der Waals surface area contributed by atoms with E-state index in [9.17, 15) is 4.79 Å². The molecule has 0 bridgehead atoms. The molecule has 2 aliphatic rings. The summed E-state index contributed by atoms with van der Waals surface area (Å²) in [7, 11) is 1.72. The predicted molar refractivity (Wildman–Crippen MR) is 115 cm³/mol. The van der Waals surface area contributed by atoms with Crippen molar-refractivity contribution in [1.29, 1.82) is 0 Å². The highest BCUT2D eigenvalue weighted by molar-refractivity contribution is 5.89. The first-order valence-electron chi connectivity index (χ1n) is 10.1. The van der Waals surface area contributed by atoms with Crippen LogP contribution < -0.4 is 20.6 Å². The van der Waals surface area contributed by atoms with E-state index >= 15 is 0 Å². The Morgan fingerprint density at radius 2 is 1.83 bits per heavy atom. The van der Waals surface area contributed by atoms with Crippen molar-refractivity contribution in [1.82, 2.24) is 14.5 Å². The number of nitrogens with zero attached hydrogens (tertiary/aromatic N) is 4. The molecule has 1 atom stereocenters. The van der Waals surface area contributed by atoms with Gasteiger partial charge in [-0.3, -0.25) is 9.47 Å². The average molecular weight is 391 g/mol. The number of rotatable bonds is 4. The number of benzene rings is 2. The minimum Gasteiger partial charge on any atom is -0.495 e. The Balaban J connectivity index is 1.30. The first-order valence-corrected chi connectivity index (χ1v) is 10.1. The van der Waals surface area contributed by atoms with Crippen LogP contribution in [0.5, 0.6) is 5.75 Å². The summed E-state index contributed by atoms with van der Waals surface area (Å²) in [6.45, 7) is 5.41. The first kappa shape index (κ1) is 18.0. The van der Waals surface area contributed by atoms with E-state index in [1.54, 1.807) is 7.11 Å². The van der Waals surface area contributed by atoms with Crippen molar-refractivity contribution in [2.45, 2.75) is 6.04 Å². The fourth-order valence-corrected chi connectivity index (χ4v) is 4.49. The van der Waals surface area contributed by atoms with Crippen molar-refractivity contribution in [3.63, 3.8) is 0 Å². The van der Waals surface area contributed by atoms with E-state index in [-0.39, 0.29) is 11.7 Å². The van der Waals surface area contributed by atoms with Gasteiger partial charge in [-0.05, 0) is 24.3 Å². The Bertz CT molecular complexity index is 1090. The van der Waals surface area contributed by atoms with E-state index in [2.05, 4.69) is 32.2 Å². The maximum atomic E-state index is 12.7. The van der Waals surface area contributed by atoms with Crippen LogP contribution in [-0.4, -0.2) is 60.8 Å². The molecule has 0 aliphatic carbocycles. The standard InChI is InChI=1S/C22H25N5O2/c1-29-20-9-5-4-8-19(20)26-12-10-25(11-13-26)15-16-14-23-21-17-6-2-3-7-18(17)24-22(28)27(16)21/h2-9,16,23H,10-15H2,1H3/t16-/m0/s1. The largest absolute Gasteiger partial charge is 0.495 e. The Kier molecular flexibility index (Phi) is 4.60. The lowest BCUT2D eigenvalue weighted by Crippen LogP contribution is -2.48. The zero-order valence-corrected chi connectivity index (χ0v) is 16.5. The van der Waals surface area contributed by atoms with Crippen LogP contribution in [0.1, 0.15) is 6.04 Å². The molecule has 1 saturated heterocycles. The Morgan fingerprint density at radius 1 is 1.07 bits per heavy atom. The zero-order valence-electron chi connectivity index (χ0n) is 16.5. The van der Waals surface area contributed by atoms with E-state index in [0.717, 1.165) is 67.4 Å². The maximum absolute atomic E-state index is 12.7. The molecule has 0 spiro atoms. The molecule has 5 rings (SSSR count). The van der Waals surface area contributed by atoms with Crippen LogP contribution in [0.15, 0.2) is 53.3 Å². The number of methoxy groups -OCH3 is 1. The van der Waals surface area contributed by atoms with Crippen LogP contribution in [0, 0.1) is 0 Å². The summed E-state index contributed by atoms with van der Waals surface area (Å²) in [6, 6.07) is 16.1. The SMILES string of the molecule is COc1ccccc1N1CCN(C[C@@H]2CNc3c4ccccc4nc(=O)n32)CC1. The van der Waals surface area contributed by atoms with E-state index in [1.807, 2.05) is 41.0 Å².